The van der Waals surface area contributed by atoms with Crippen LogP contribution in [0.3, 0.4) is 0 Å². The Morgan fingerprint density at radius 3 is 1.96 bits per heavy atom. The van der Waals surface area contributed by atoms with Gasteiger partial charge in [0.2, 0.25) is 0 Å². The minimum Gasteiger partial charge on any atom is -0.484 e. The van der Waals surface area contributed by atoms with Crippen LogP contribution in [0.1, 0.15) is 66.4 Å². The largest absolute Gasteiger partial charge is 0.484 e. The third kappa shape index (κ3) is 12.1. The molecule has 0 unspecified atom stereocenters. The lowest BCUT2D eigenvalue weighted by atomic mass is 10.1. The summed E-state index contributed by atoms with van der Waals surface area (Å²) in [6.45, 7) is 9.71. The van der Waals surface area contributed by atoms with Crippen LogP contribution in [-0.2, 0) is 35.8 Å². The molecule has 0 bridgehead atoms. The number of nitrogens with zero attached hydrogens (tertiary/aromatic N) is 8. The third-order valence-corrected chi connectivity index (χ3v) is 11.2. The molecule has 67 heavy (non-hydrogen) atoms. The second-order valence-electron chi connectivity index (χ2n) is 16.9. The first-order valence-corrected chi connectivity index (χ1v) is 22.1. The fraction of sp³-hybridized carbons (Fsp3) is 0.312. The van der Waals surface area contributed by atoms with Crippen LogP contribution in [0.15, 0.2) is 91.3 Å². The molecule has 1 amide bonds. The summed E-state index contributed by atoms with van der Waals surface area (Å²) in [7, 11) is 0. The first-order chi connectivity index (χ1) is 32.1. The van der Waals surface area contributed by atoms with Crippen LogP contribution in [0.2, 0.25) is 10.0 Å². The molecule has 19 heteroatoms. The zero-order chi connectivity index (χ0) is 47.2. The van der Waals surface area contributed by atoms with Gasteiger partial charge in [0.25, 0.3) is 0 Å². The summed E-state index contributed by atoms with van der Waals surface area (Å²) >= 11 is 11.5. The number of hydrogen-bond acceptors (Lipinski definition) is 12. The summed E-state index contributed by atoms with van der Waals surface area (Å²) in [5.74, 6) is 0.128. The van der Waals surface area contributed by atoms with Crippen LogP contribution in [0.25, 0.3) is 22.2 Å². The summed E-state index contributed by atoms with van der Waals surface area (Å²) in [4.78, 5) is 50.2. The summed E-state index contributed by atoms with van der Waals surface area (Å²) < 4.78 is 52.1. The maximum Gasteiger partial charge on any atom is 0.410 e. The molecule has 15 nitrogen and oxygen atoms in total. The molecule has 6 aromatic rings. The Labute approximate surface area is 394 Å². The number of carbonyl (C=O) groups is 2. The number of aromatic carboxylic acids is 1. The highest BCUT2D eigenvalue weighted by Gasteiger charge is 2.28. The maximum absolute atomic E-state index is 14.0. The van der Waals surface area contributed by atoms with Crippen LogP contribution in [-0.4, -0.2) is 101 Å². The number of carboxylic acids is 1. The van der Waals surface area contributed by atoms with Gasteiger partial charge in [-0.25, -0.2) is 43.3 Å². The number of imidazole rings is 1. The lowest BCUT2D eigenvalue weighted by Crippen LogP contribution is -2.35. The van der Waals surface area contributed by atoms with Crippen molar-refractivity contribution in [2.24, 2.45) is 0 Å². The molecule has 3 aromatic heterocycles. The van der Waals surface area contributed by atoms with Crippen molar-refractivity contribution in [3.63, 3.8) is 0 Å². The molecule has 0 saturated carbocycles. The Balaban J connectivity index is 0.000000192. The average molecular weight is 956 g/mol. The standard InChI is InChI=1S/C28H25ClFN5O4.C20H21ClFN3O3/c29-19-2-4-25(22(30)12-19)39-16-20-5-8-31-27(32-20)18-6-9-34(13-18)15-26-33-23-3-1-17(28(36)37)11-24(23)35(26)14-21-7-10-38-21;1-20(2,3)28-19(26)25-9-7-13(11-25)18-23-8-6-15(24-18)12-27-17-5-4-14(21)10-16(17)22/h1-6,8,11-12,21H,7,9-10,13-16H2,(H,36,37);4-8,10H,9,11-12H2,1-3H3/t21-;/m0./s1. The van der Waals surface area contributed by atoms with Crippen molar-refractivity contribution in [2.75, 3.05) is 32.8 Å². The first-order valence-electron chi connectivity index (χ1n) is 21.4. The van der Waals surface area contributed by atoms with Gasteiger partial charge in [-0.15, -0.1) is 0 Å². The van der Waals surface area contributed by atoms with E-state index in [0.29, 0.717) is 72.4 Å². The minimum absolute atomic E-state index is 0.0805. The molecular weight excluding hydrogens is 909 g/mol. The van der Waals surface area contributed by atoms with Gasteiger partial charge in [-0.3, -0.25) is 4.90 Å². The predicted octanol–water partition coefficient (Wildman–Crippen LogP) is 9.07. The number of ether oxygens (including phenoxy) is 4. The van der Waals surface area contributed by atoms with Gasteiger partial charge in [0.15, 0.2) is 34.8 Å². The molecule has 1 N–H and O–H groups in total. The molecule has 3 aromatic carbocycles. The third-order valence-electron chi connectivity index (χ3n) is 10.7. The van der Waals surface area contributed by atoms with Gasteiger partial charge in [0.1, 0.15) is 24.6 Å². The molecule has 9 rings (SSSR count). The number of carboxylic acid groups (broad SMARTS) is 1. The van der Waals surface area contributed by atoms with Crippen molar-refractivity contribution >= 4 is 57.4 Å². The molecule has 348 valence electrons. The van der Waals surface area contributed by atoms with Gasteiger partial charge >= 0.3 is 12.1 Å². The highest BCUT2D eigenvalue weighted by Crippen LogP contribution is 2.28. The van der Waals surface area contributed by atoms with E-state index in [1.807, 2.05) is 26.8 Å². The number of hydrogen-bond donors (Lipinski definition) is 1. The monoisotopic (exact) mass is 954 g/mol. The van der Waals surface area contributed by atoms with Gasteiger partial charge in [-0.1, -0.05) is 35.4 Å². The van der Waals surface area contributed by atoms with Crippen molar-refractivity contribution in [3.05, 3.63) is 147 Å². The molecule has 3 aliphatic heterocycles. The maximum atomic E-state index is 14.0. The zero-order valence-corrected chi connectivity index (χ0v) is 38.3. The molecular formula is C48H46Cl2F2N8O7. The second kappa shape index (κ2) is 20.5. The highest BCUT2D eigenvalue weighted by atomic mass is 35.5. The van der Waals surface area contributed by atoms with E-state index in [-0.39, 0.29) is 42.5 Å². The Morgan fingerprint density at radius 1 is 0.806 bits per heavy atom. The molecule has 0 aliphatic carbocycles. The van der Waals surface area contributed by atoms with E-state index in [4.69, 9.17) is 47.1 Å². The minimum atomic E-state index is -0.967. The van der Waals surface area contributed by atoms with Crippen molar-refractivity contribution in [1.29, 1.82) is 0 Å². The molecule has 6 heterocycles. The van der Waals surface area contributed by atoms with E-state index in [1.54, 1.807) is 59.8 Å². The zero-order valence-electron chi connectivity index (χ0n) is 36.8. The average Bonchev–Trinajstić information content (AvgIpc) is 4.04. The van der Waals surface area contributed by atoms with E-state index in [2.05, 4.69) is 35.5 Å². The van der Waals surface area contributed by atoms with E-state index in [9.17, 15) is 23.5 Å². The van der Waals surface area contributed by atoms with Crippen LogP contribution >= 0.6 is 23.2 Å². The number of fused-ring (bicyclic) bond motifs is 1. The fourth-order valence-corrected chi connectivity index (χ4v) is 7.60. The lowest BCUT2D eigenvalue weighted by molar-refractivity contribution is -0.0591. The number of rotatable bonds is 13. The fourth-order valence-electron chi connectivity index (χ4n) is 7.29. The molecule has 0 radical (unpaired) electrons. The van der Waals surface area contributed by atoms with Gasteiger partial charge in [0.05, 0.1) is 53.7 Å². The topological polar surface area (TPSA) is 167 Å². The van der Waals surface area contributed by atoms with Crippen LogP contribution in [0.5, 0.6) is 11.5 Å². The number of carbonyl (C=O) groups excluding carboxylic acids is 1. The van der Waals surface area contributed by atoms with Crippen molar-refractivity contribution in [3.8, 4) is 11.5 Å². The molecule has 0 spiro atoms. The summed E-state index contributed by atoms with van der Waals surface area (Å²) in [5, 5.41) is 10.1. The normalized spacial score (nSPS) is 15.9. The van der Waals surface area contributed by atoms with Crippen LogP contribution < -0.4 is 9.47 Å². The van der Waals surface area contributed by atoms with Gasteiger partial charge in [0, 0.05) is 59.8 Å². The molecule has 3 aliphatic rings. The van der Waals surface area contributed by atoms with Gasteiger partial charge < -0.3 is 33.5 Å². The van der Waals surface area contributed by atoms with E-state index < -0.39 is 23.2 Å². The Bertz CT molecular complexity index is 2870. The summed E-state index contributed by atoms with van der Waals surface area (Å²) in [5.41, 5.74) is 4.26. The summed E-state index contributed by atoms with van der Waals surface area (Å²) in [6.07, 6.45) is 7.94. The number of benzene rings is 3. The molecule has 1 fully saturated rings. The van der Waals surface area contributed by atoms with Crippen LogP contribution in [0, 0.1) is 11.6 Å². The smallest absolute Gasteiger partial charge is 0.410 e. The Morgan fingerprint density at radius 2 is 1.40 bits per heavy atom. The van der Waals surface area contributed by atoms with Gasteiger partial charge in [-0.05, 0) is 93.9 Å². The second-order valence-corrected chi connectivity index (χ2v) is 17.8. The SMILES string of the molecule is CC(C)(C)OC(=O)N1CC=C(c2nccc(COc3ccc(Cl)cc3F)n2)C1.O=C(O)c1ccc2nc(CN3CC=C(c4nccc(COc5ccc(Cl)cc5F)n4)C3)n(C[C@@H]3CCO3)c2c1. The van der Waals surface area contributed by atoms with Crippen molar-refractivity contribution in [1.82, 2.24) is 39.3 Å². The number of aromatic nitrogens is 6. The van der Waals surface area contributed by atoms with E-state index in [0.717, 1.165) is 41.0 Å². The number of halogens is 4. The van der Waals surface area contributed by atoms with Gasteiger partial charge in [-0.2, -0.15) is 0 Å². The summed E-state index contributed by atoms with van der Waals surface area (Å²) in [6, 6.07) is 16.9. The van der Waals surface area contributed by atoms with Crippen LogP contribution in [0.4, 0.5) is 13.6 Å². The van der Waals surface area contributed by atoms with E-state index >= 15 is 0 Å². The number of amides is 1. The quantitative estimate of drug-likeness (QED) is 0.117. The Kier molecular flexibility index (Phi) is 14.4. The Hall–Kier alpha value is -6.53. The van der Waals surface area contributed by atoms with E-state index in [1.165, 1.54) is 24.3 Å². The molecule has 1 saturated heterocycles. The van der Waals surface area contributed by atoms with Crippen molar-refractivity contribution in [2.45, 2.75) is 65.2 Å². The lowest BCUT2D eigenvalue weighted by Gasteiger charge is -2.28. The first kappa shape index (κ1) is 47.0. The molecule has 1 atom stereocenters. The highest BCUT2D eigenvalue weighted by molar-refractivity contribution is 6.30. The van der Waals surface area contributed by atoms with Crippen molar-refractivity contribution < 1.29 is 42.4 Å². The predicted molar refractivity (Wildman–Crippen MR) is 246 cm³/mol.